The van der Waals surface area contributed by atoms with Crippen molar-refractivity contribution in [2.24, 2.45) is 0 Å². The second kappa shape index (κ2) is 6.79. The normalized spacial score (nSPS) is 35.9. The van der Waals surface area contributed by atoms with E-state index in [-0.39, 0.29) is 27.6 Å². The second-order valence-corrected chi connectivity index (χ2v) is 6.62. The lowest BCUT2D eigenvalue weighted by Gasteiger charge is -2.16. The lowest BCUT2D eigenvalue weighted by atomic mass is 10.5. The number of hydrogen-bond acceptors (Lipinski definition) is 6. The van der Waals surface area contributed by atoms with Crippen molar-refractivity contribution in [2.45, 2.75) is 21.3 Å². The van der Waals surface area contributed by atoms with Crippen molar-refractivity contribution in [1.29, 1.82) is 0 Å². The van der Waals surface area contributed by atoms with Crippen LogP contribution in [0.2, 0.25) is 0 Å². The van der Waals surface area contributed by atoms with Crippen LogP contribution >= 0.6 is 15.4 Å². The monoisotopic (exact) mass is 262 g/mol. The Bertz CT molecular complexity index is 240. The third-order valence-corrected chi connectivity index (χ3v) is 5.71. The fourth-order valence-electron chi connectivity index (χ4n) is 0.862. The zero-order chi connectivity index (χ0) is 9.95. The molecule has 6 nitrogen and oxygen atoms in total. The number of rotatable bonds is 2. The van der Waals surface area contributed by atoms with Gasteiger partial charge in [-0.05, 0) is 6.42 Å². The van der Waals surface area contributed by atoms with Gasteiger partial charge in [0.1, 0.15) is 0 Å². The Balaban J connectivity index is 0. The molecule has 0 aromatic heterocycles. The van der Waals surface area contributed by atoms with E-state index in [4.69, 9.17) is 8.83 Å². The molecule has 0 aromatic carbocycles. The van der Waals surface area contributed by atoms with E-state index in [1.165, 1.54) is 14.2 Å². The number of phosphoric acid groups is 1. The zero-order valence-corrected chi connectivity index (χ0v) is 9.25. The van der Waals surface area contributed by atoms with Gasteiger partial charge >= 0.3 is 15.4 Å². The number of hydrogen-bond donors (Lipinski definition) is 0. The van der Waals surface area contributed by atoms with E-state index >= 15 is 0 Å². The third-order valence-electron chi connectivity index (χ3n) is 1.55. The van der Waals surface area contributed by atoms with E-state index < -0.39 is 15.4 Å². The van der Waals surface area contributed by atoms with Gasteiger partial charge in [-0.15, -0.1) is 0 Å². The highest BCUT2D eigenvalue weighted by atomic mass is 31.3. The Morgan fingerprint density at radius 1 is 1.13 bits per heavy atom. The summed E-state index contributed by atoms with van der Waals surface area (Å²) in [6.45, 7) is 0.193. The first-order chi connectivity index (χ1) is 6.04. The molecule has 8 heteroatoms. The average Bonchev–Trinajstić information content (AvgIpc) is 2.27. The van der Waals surface area contributed by atoms with Gasteiger partial charge < -0.3 is 4.52 Å². The van der Waals surface area contributed by atoms with E-state index in [1.807, 2.05) is 0 Å². The molecule has 0 spiro atoms. The summed E-state index contributed by atoms with van der Waals surface area (Å²) in [6, 6.07) is 0. The van der Waals surface area contributed by atoms with Crippen molar-refractivity contribution in [2.75, 3.05) is 27.0 Å². The highest BCUT2D eigenvalue weighted by molar-refractivity contribution is 7.65. The van der Waals surface area contributed by atoms with Gasteiger partial charge in [0.05, 0.1) is 12.8 Å². The maximum atomic E-state index is 11.6. The Labute approximate surface area is 91.4 Å². The molecular weight excluding hydrogens is 242 g/mol. The summed E-state index contributed by atoms with van der Waals surface area (Å²) in [5, 5.41) is 0. The average molecular weight is 262 g/mol. The summed E-state index contributed by atoms with van der Waals surface area (Å²) in [5.41, 5.74) is 0. The standard InChI is InChI=1S/C5H12O6P2.2CH4/c1-8-12(6)5-3-4-10-13(7,9-2)11-12;;/h3-5H2,1-2H3;2*1H4. The van der Waals surface area contributed by atoms with Crippen LogP contribution in [0.5, 0.6) is 0 Å². The molecule has 15 heavy (non-hydrogen) atoms. The van der Waals surface area contributed by atoms with Crippen molar-refractivity contribution in [3.05, 3.63) is 0 Å². The van der Waals surface area contributed by atoms with Gasteiger partial charge in [-0.25, -0.2) is 8.88 Å². The minimum Gasteiger partial charge on any atom is -0.312 e. The van der Waals surface area contributed by atoms with E-state index in [2.05, 4.69) is 9.05 Å². The van der Waals surface area contributed by atoms with E-state index in [0.717, 1.165) is 0 Å². The summed E-state index contributed by atoms with van der Waals surface area (Å²) < 4.78 is 41.8. The first-order valence-electron chi connectivity index (χ1n) is 3.70. The molecule has 2 atom stereocenters. The largest absolute Gasteiger partial charge is 0.481 e. The van der Waals surface area contributed by atoms with Gasteiger partial charge in [-0.1, -0.05) is 14.9 Å². The molecule has 0 saturated carbocycles. The van der Waals surface area contributed by atoms with Gasteiger partial charge in [-0.2, -0.15) is 0 Å². The van der Waals surface area contributed by atoms with Crippen LogP contribution in [-0.4, -0.2) is 27.0 Å². The first kappa shape index (κ1) is 17.7. The molecule has 0 aromatic rings. The molecule has 0 amide bonds. The second-order valence-electron chi connectivity index (χ2n) is 2.42. The maximum absolute atomic E-state index is 11.6. The van der Waals surface area contributed by atoms with Crippen LogP contribution in [0, 0.1) is 0 Å². The van der Waals surface area contributed by atoms with Gasteiger partial charge in [0.25, 0.3) is 0 Å². The van der Waals surface area contributed by atoms with E-state index in [9.17, 15) is 9.13 Å². The van der Waals surface area contributed by atoms with Crippen LogP contribution in [0.25, 0.3) is 0 Å². The summed E-state index contributed by atoms with van der Waals surface area (Å²) in [6.07, 6.45) is 0.662. The highest BCUT2D eigenvalue weighted by Crippen LogP contribution is 2.66. The predicted octanol–water partition coefficient (Wildman–Crippen LogP) is 3.29. The summed E-state index contributed by atoms with van der Waals surface area (Å²) in [4.78, 5) is 0. The molecule has 1 aliphatic rings. The van der Waals surface area contributed by atoms with Crippen molar-refractivity contribution < 1.29 is 27.0 Å². The molecule has 1 rings (SSSR count). The van der Waals surface area contributed by atoms with Crippen LogP contribution < -0.4 is 0 Å². The topological polar surface area (TPSA) is 71.1 Å². The van der Waals surface area contributed by atoms with Gasteiger partial charge in [0, 0.05) is 14.2 Å². The van der Waals surface area contributed by atoms with Crippen LogP contribution in [0.15, 0.2) is 0 Å². The Kier molecular flexibility index (Phi) is 8.01. The third kappa shape index (κ3) is 4.77. The summed E-state index contributed by atoms with van der Waals surface area (Å²) >= 11 is 0. The molecule has 0 N–H and O–H groups in total. The molecule has 0 bridgehead atoms. The lowest BCUT2D eigenvalue weighted by Crippen LogP contribution is -1.94. The Morgan fingerprint density at radius 2 is 1.73 bits per heavy atom. The van der Waals surface area contributed by atoms with Crippen molar-refractivity contribution >= 4 is 15.4 Å². The molecule has 1 heterocycles. The van der Waals surface area contributed by atoms with Crippen LogP contribution in [0.3, 0.4) is 0 Å². The molecule has 94 valence electrons. The fraction of sp³-hybridized carbons (Fsp3) is 1.00. The summed E-state index contributed by atoms with van der Waals surface area (Å²) in [5.74, 6) is 0. The molecule has 1 saturated heterocycles. The quantitative estimate of drug-likeness (QED) is 0.711. The first-order valence-corrected chi connectivity index (χ1v) is 6.89. The Hall–Kier alpha value is 0.300. The Morgan fingerprint density at radius 3 is 2.20 bits per heavy atom. The highest BCUT2D eigenvalue weighted by Gasteiger charge is 2.39. The minimum absolute atomic E-state index is 0. The molecule has 2 unspecified atom stereocenters. The van der Waals surface area contributed by atoms with Crippen molar-refractivity contribution in [3.8, 4) is 0 Å². The van der Waals surface area contributed by atoms with Crippen LogP contribution in [-0.2, 0) is 27.0 Å². The van der Waals surface area contributed by atoms with Gasteiger partial charge in [0.15, 0.2) is 0 Å². The molecule has 0 aliphatic carbocycles. The predicted molar refractivity (Wildman–Crippen MR) is 59.2 cm³/mol. The molecular formula is C7H20O6P2. The fourth-order valence-corrected chi connectivity index (χ4v) is 4.29. The molecule has 1 aliphatic heterocycles. The summed E-state index contributed by atoms with van der Waals surface area (Å²) in [7, 11) is -4.54. The molecule has 1 fully saturated rings. The van der Waals surface area contributed by atoms with E-state index in [0.29, 0.717) is 6.42 Å². The van der Waals surface area contributed by atoms with Crippen molar-refractivity contribution in [1.82, 2.24) is 0 Å². The lowest BCUT2D eigenvalue weighted by molar-refractivity contribution is 0.181. The molecule has 0 radical (unpaired) electrons. The number of phosphoric ester groups is 1. The van der Waals surface area contributed by atoms with Gasteiger partial charge in [-0.3, -0.25) is 13.6 Å². The SMILES string of the molecule is C.C.COP1(=O)CCCOP(=O)(OC)O1. The van der Waals surface area contributed by atoms with Crippen LogP contribution in [0.4, 0.5) is 0 Å². The van der Waals surface area contributed by atoms with Gasteiger partial charge in [0.2, 0.25) is 0 Å². The minimum atomic E-state index is -3.66. The zero-order valence-electron chi connectivity index (χ0n) is 7.47. The smallest absolute Gasteiger partial charge is 0.312 e. The van der Waals surface area contributed by atoms with Crippen molar-refractivity contribution in [3.63, 3.8) is 0 Å². The maximum Gasteiger partial charge on any atom is 0.481 e. The van der Waals surface area contributed by atoms with E-state index in [1.54, 1.807) is 0 Å². The van der Waals surface area contributed by atoms with Crippen LogP contribution in [0.1, 0.15) is 21.3 Å².